The molecule has 0 N–H and O–H groups in total. The molecule has 0 nitrogen and oxygen atoms in total. The molecular formula is C11H9FS3. The monoisotopic (exact) mass is 256 g/mol. The van der Waals surface area contributed by atoms with E-state index in [-0.39, 0.29) is 5.82 Å². The Morgan fingerprint density at radius 3 is 3.00 bits per heavy atom. The Balaban J connectivity index is 2.42. The Morgan fingerprint density at radius 2 is 2.27 bits per heavy atom. The Hall–Kier alpha value is -0.450. The second-order valence-electron chi connectivity index (χ2n) is 3.01. The molecular weight excluding hydrogens is 247 g/mol. The maximum atomic E-state index is 13.0. The molecule has 0 amide bonds. The van der Waals surface area contributed by atoms with Crippen LogP contribution in [0.3, 0.4) is 0 Å². The van der Waals surface area contributed by atoms with Crippen molar-refractivity contribution in [1.29, 1.82) is 0 Å². The second kappa shape index (κ2) is 4.60. The number of thioether (sulfide) groups is 1. The summed E-state index contributed by atoms with van der Waals surface area (Å²) in [5.41, 5.74) is 0. The van der Waals surface area contributed by atoms with Crippen LogP contribution in [0.5, 0.6) is 0 Å². The highest BCUT2D eigenvalue weighted by molar-refractivity contribution is 8.23. The zero-order valence-electron chi connectivity index (χ0n) is 8.12. The Labute approximate surface area is 101 Å². The number of benzene rings is 1. The summed E-state index contributed by atoms with van der Waals surface area (Å²) in [5.74, 6) is 0.780. The average molecular weight is 256 g/mol. The highest BCUT2D eigenvalue weighted by Gasteiger charge is 2.07. The summed E-state index contributed by atoms with van der Waals surface area (Å²) in [6.45, 7) is 2.07. The predicted octanol–water partition coefficient (Wildman–Crippen LogP) is 4.47. The van der Waals surface area contributed by atoms with Crippen LogP contribution in [-0.2, 0) is 0 Å². The third-order valence-electron chi connectivity index (χ3n) is 1.95. The fraction of sp³-hybridized carbons (Fsp3) is 0.182. The second-order valence-corrected chi connectivity index (χ2v) is 6.04. The first-order valence-corrected chi connectivity index (χ1v) is 6.78. The van der Waals surface area contributed by atoms with E-state index in [1.807, 2.05) is 6.07 Å². The van der Waals surface area contributed by atoms with Crippen molar-refractivity contribution in [2.24, 2.45) is 0 Å². The van der Waals surface area contributed by atoms with Crippen molar-refractivity contribution < 1.29 is 4.39 Å². The lowest BCUT2D eigenvalue weighted by Gasteiger charge is -1.94. The van der Waals surface area contributed by atoms with Gasteiger partial charge in [0.05, 0.1) is 9.07 Å². The molecule has 78 valence electrons. The van der Waals surface area contributed by atoms with Crippen LogP contribution in [0.15, 0.2) is 24.3 Å². The van der Waals surface area contributed by atoms with E-state index in [0.717, 1.165) is 24.9 Å². The van der Waals surface area contributed by atoms with Crippen LogP contribution in [0.1, 0.15) is 11.8 Å². The fourth-order valence-corrected chi connectivity index (χ4v) is 3.50. The van der Waals surface area contributed by atoms with Gasteiger partial charge in [-0.2, -0.15) is 0 Å². The van der Waals surface area contributed by atoms with Gasteiger partial charge < -0.3 is 0 Å². The number of hydrogen-bond donors (Lipinski definition) is 0. The van der Waals surface area contributed by atoms with E-state index in [0.29, 0.717) is 0 Å². The molecule has 4 heteroatoms. The van der Waals surface area contributed by atoms with E-state index in [9.17, 15) is 4.39 Å². The maximum Gasteiger partial charge on any atom is 0.123 e. The van der Waals surface area contributed by atoms with Crippen molar-refractivity contribution in [3.63, 3.8) is 0 Å². The highest BCUT2D eigenvalue weighted by Crippen LogP contribution is 2.29. The maximum absolute atomic E-state index is 13.0. The van der Waals surface area contributed by atoms with E-state index >= 15 is 0 Å². The summed E-state index contributed by atoms with van der Waals surface area (Å²) in [6.07, 6.45) is 0. The third-order valence-corrected chi connectivity index (χ3v) is 4.69. The van der Waals surface area contributed by atoms with E-state index in [2.05, 4.69) is 6.92 Å². The molecule has 1 aromatic carbocycles. The molecule has 0 aliphatic rings. The molecule has 2 aromatic rings. The van der Waals surface area contributed by atoms with E-state index in [1.54, 1.807) is 35.2 Å². The zero-order valence-corrected chi connectivity index (χ0v) is 10.6. The predicted molar refractivity (Wildman–Crippen MR) is 71.6 cm³/mol. The van der Waals surface area contributed by atoms with E-state index < -0.39 is 0 Å². The van der Waals surface area contributed by atoms with Crippen LogP contribution in [0.4, 0.5) is 4.39 Å². The zero-order chi connectivity index (χ0) is 10.8. The number of rotatable bonds is 2. The van der Waals surface area contributed by atoms with Crippen LogP contribution >= 0.6 is 35.3 Å². The van der Waals surface area contributed by atoms with Gasteiger partial charge in [0.2, 0.25) is 0 Å². The number of thiocarbonyl (C=S) groups is 1. The van der Waals surface area contributed by atoms with Crippen molar-refractivity contribution in [1.82, 2.24) is 0 Å². The molecule has 0 aliphatic heterocycles. The Morgan fingerprint density at radius 1 is 1.47 bits per heavy atom. The molecule has 0 fully saturated rings. The smallest absolute Gasteiger partial charge is 0.123 e. The number of thiophene rings is 1. The van der Waals surface area contributed by atoms with Gasteiger partial charge in [0, 0.05) is 4.70 Å². The van der Waals surface area contributed by atoms with Crippen LogP contribution in [0, 0.1) is 5.82 Å². The van der Waals surface area contributed by atoms with Crippen LogP contribution < -0.4 is 0 Å². The van der Waals surface area contributed by atoms with Gasteiger partial charge in [0.15, 0.2) is 0 Å². The molecule has 0 atom stereocenters. The molecule has 0 radical (unpaired) electrons. The first-order valence-electron chi connectivity index (χ1n) is 4.57. The number of halogens is 1. The van der Waals surface area contributed by atoms with Gasteiger partial charge in [-0.25, -0.2) is 4.39 Å². The van der Waals surface area contributed by atoms with Gasteiger partial charge in [-0.1, -0.05) is 19.1 Å². The molecule has 0 saturated carbocycles. The fourth-order valence-electron chi connectivity index (χ4n) is 1.32. The van der Waals surface area contributed by atoms with Crippen LogP contribution in [0.25, 0.3) is 10.1 Å². The molecule has 2 rings (SSSR count). The van der Waals surface area contributed by atoms with E-state index in [4.69, 9.17) is 12.2 Å². The Kier molecular flexibility index (Phi) is 3.38. The molecule has 0 saturated heterocycles. The summed E-state index contributed by atoms with van der Waals surface area (Å²) in [7, 11) is 0. The lowest BCUT2D eigenvalue weighted by atomic mass is 10.2. The van der Waals surface area contributed by atoms with Crippen LogP contribution in [0.2, 0.25) is 0 Å². The first-order chi connectivity index (χ1) is 7.20. The van der Waals surface area contributed by atoms with Gasteiger partial charge in [-0.15, -0.1) is 23.1 Å². The normalized spacial score (nSPS) is 10.8. The van der Waals surface area contributed by atoms with Crippen molar-refractivity contribution in [3.05, 3.63) is 35.0 Å². The van der Waals surface area contributed by atoms with Crippen molar-refractivity contribution in [2.45, 2.75) is 6.92 Å². The van der Waals surface area contributed by atoms with Gasteiger partial charge in [0.1, 0.15) is 5.82 Å². The first kappa shape index (κ1) is 11.0. The minimum Gasteiger partial charge on any atom is -0.207 e. The van der Waals surface area contributed by atoms with Crippen molar-refractivity contribution >= 4 is 49.6 Å². The summed E-state index contributed by atoms with van der Waals surface area (Å²) >= 11 is 8.55. The summed E-state index contributed by atoms with van der Waals surface area (Å²) in [4.78, 5) is 1.07. The summed E-state index contributed by atoms with van der Waals surface area (Å²) in [6, 6.07) is 6.80. The Bertz CT molecular complexity index is 502. The standard InChI is InChI=1S/C11H9FS3/c1-2-14-11(13)10-6-7-5-8(12)3-4-9(7)15-10/h3-6H,2H2,1H3. The highest BCUT2D eigenvalue weighted by atomic mass is 32.2. The van der Waals surface area contributed by atoms with Gasteiger partial charge in [0.25, 0.3) is 0 Å². The molecule has 0 bridgehead atoms. The quantitative estimate of drug-likeness (QED) is 0.727. The number of fused-ring (bicyclic) bond motifs is 1. The average Bonchev–Trinajstić information content (AvgIpc) is 2.60. The van der Waals surface area contributed by atoms with E-state index in [1.165, 1.54) is 6.07 Å². The molecule has 1 heterocycles. The molecule has 0 spiro atoms. The molecule has 15 heavy (non-hydrogen) atoms. The summed E-state index contributed by atoms with van der Waals surface area (Å²) < 4.78 is 15.0. The summed E-state index contributed by atoms with van der Waals surface area (Å²) in [5, 5.41) is 0.939. The van der Waals surface area contributed by atoms with Gasteiger partial charge >= 0.3 is 0 Å². The molecule has 1 aromatic heterocycles. The SMILES string of the molecule is CCSC(=S)c1cc2cc(F)ccc2s1. The van der Waals surface area contributed by atoms with Crippen LogP contribution in [-0.4, -0.2) is 9.95 Å². The van der Waals surface area contributed by atoms with Gasteiger partial charge in [-0.3, -0.25) is 0 Å². The molecule has 0 unspecified atom stereocenters. The third kappa shape index (κ3) is 2.38. The molecule has 0 aliphatic carbocycles. The van der Waals surface area contributed by atoms with Crippen molar-refractivity contribution in [3.8, 4) is 0 Å². The topological polar surface area (TPSA) is 0 Å². The minimum atomic E-state index is -0.194. The van der Waals surface area contributed by atoms with Crippen molar-refractivity contribution in [2.75, 3.05) is 5.75 Å². The van der Waals surface area contributed by atoms with Gasteiger partial charge in [-0.05, 0) is 35.4 Å². The largest absolute Gasteiger partial charge is 0.207 e. The minimum absolute atomic E-state index is 0.194. The lowest BCUT2D eigenvalue weighted by Crippen LogP contribution is -1.85. The number of hydrogen-bond acceptors (Lipinski definition) is 3. The lowest BCUT2D eigenvalue weighted by molar-refractivity contribution is 0.630.